The molecule has 0 fully saturated rings. The molecule has 1 unspecified atom stereocenters. The van der Waals surface area contributed by atoms with Crippen LogP contribution in [-0.2, 0) is 4.79 Å². The first-order chi connectivity index (χ1) is 15.6. The van der Waals surface area contributed by atoms with Crippen molar-refractivity contribution in [1.82, 2.24) is 0 Å². The molecule has 0 aliphatic heterocycles. The SMILES string of the molecule is CCC(Oc1c(-c2ccccc2)oc2ccccc2c1=O)C(=O)Nc1ccccc1OC. The molecule has 0 aliphatic rings. The minimum atomic E-state index is -0.911. The summed E-state index contributed by atoms with van der Waals surface area (Å²) in [5.41, 5.74) is 1.34. The van der Waals surface area contributed by atoms with Crippen LogP contribution in [0.25, 0.3) is 22.3 Å². The van der Waals surface area contributed by atoms with Gasteiger partial charge in [0.2, 0.25) is 11.2 Å². The summed E-state index contributed by atoms with van der Waals surface area (Å²) in [4.78, 5) is 26.3. The second-order valence-corrected chi connectivity index (χ2v) is 7.16. The molecular weight excluding hydrogens is 406 g/mol. The van der Waals surface area contributed by atoms with Gasteiger partial charge in [-0.15, -0.1) is 0 Å². The molecule has 6 nitrogen and oxygen atoms in total. The Balaban J connectivity index is 1.74. The predicted octanol–water partition coefficient (Wildman–Crippen LogP) is 5.26. The van der Waals surface area contributed by atoms with Gasteiger partial charge in [-0.1, -0.05) is 61.5 Å². The number of carbonyl (C=O) groups is 1. The van der Waals surface area contributed by atoms with E-state index in [1.54, 1.807) is 42.5 Å². The zero-order valence-electron chi connectivity index (χ0n) is 17.8. The lowest BCUT2D eigenvalue weighted by molar-refractivity contribution is -0.122. The molecule has 162 valence electrons. The highest BCUT2D eigenvalue weighted by atomic mass is 16.5. The monoisotopic (exact) mass is 429 g/mol. The lowest BCUT2D eigenvalue weighted by Crippen LogP contribution is -2.34. The lowest BCUT2D eigenvalue weighted by Gasteiger charge is -2.19. The first kappa shape index (κ1) is 21.2. The zero-order valence-corrected chi connectivity index (χ0v) is 17.8. The summed E-state index contributed by atoms with van der Waals surface area (Å²) in [5, 5.41) is 3.22. The van der Waals surface area contributed by atoms with E-state index in [1.165, 1.54) is 7.11 Å². The van der Waals surface area contributed by atoms with Crippen molar-refractivity contribution < 1.29 is 18.7 Å². The zero-order chi connectivity index (χ0) is 22.5. The number of methoxy groups -OCH3 is 1. The highest BCUT2D eigenvalue weighted by Gasteiger charge is 2.25. The maximum atomic E-state index is 13.3. The second-order valence-electron chi connectivity index (χ2n) is 7.16. The molecular formula is C26H23NO5. The third kappa shape index (κ3) is 4.21. The Morgan fingerprint density at radius 2 is 1.66 bits per heavy atom. The maximum absolute atomic E-state index is 13.3. The van der Waals surface area contributed by atoms with Crippen molar-refractivity contribution >= 4 is 22.6 Å². The Morgan fingerprint density at radius 1 is 0.969 bits per heavy atom. The van der Waals surface area contributed by atoms with Gasteiger partial charge in [-0.05, 0) is 30.7 Å². The van der Waals surface area contributed by atoms with Crippen molar-refractivity contribution in [2.75, 3.05) is 12.4 Å². The number of para-hydroxylation sites is 3. The number of nitrogens with one attached hydrogen (secondary N) is 1. The molecule has 0 bridgehead atoms. The van der Waals surface area contributed by atoms with E-state index in [9.17, 15) is 9.59 Å². The van der Waals surface area contributed by atoms with Gasteiger partial charge in [0.1, 0.15) is 11.3 Å². The van der Waals surface area contributed by atoms with Crippen molar-refractivity contribution in [3.8, 4) is 22.8 Å². The van der Waals surface area contributed by atoms with Crippen LogP contribution in [0.15, 0.2) is 88.1 Å². The number of hydrogen-bond acceptors (Lipinski definition) is 5. The van der Waals surface area contributed by atoms with Crippen LogP contribution in [0.5, 0.6) is 11.5 Å². The average molecular weight is 429 g/mol. The number of carbonyl (C=O) groups excluding carboxylic acids is 1. The quantitative estimate of drug-likeness (QED) is 0.433. The molecule has 0 aliphatic carbocycles. The molecule has 1 aromatic heterocycles. The molecule has 1 N–H and O–H groups in total. The largest absolute Gasteiger partial charge is 0.495 e. The number of fused-ring (bicyclic) bond motifs is 1. The third-order valence-electron chi connectivity index (χ3n) is 5.08. The van der Waals surface area contributed by atoms with Crippen molar-refractivity contribution in [2.45, 2.75) is 19.4 Å². The molecule has 0 saturated carbocycles. The van der Waals surface area contributed by atoms with E-state index < -0.39 is 6.10 Å². The van der Waals surface area contributed by atoms with Gasteiger partial charge in [0.15, 0.2) is 11.9 Å². The van der Waals surface area contributed by atoms with Crippen molar-refractivity contribution in [3.63, 3.8) is 0 Å². The minimum absolute atomic E-state index is 0.0110. The first-order valence-corrected chi connectivity index (χ1v) is 10.3. The van der Waals surface area contributed by atoms with Gasteiger partial charge >= 0.3 is 0 Å². The minimum Gasteiger partial charge on any atom is -0.495 e. The molecule has 0 spiro atoms. The van der Waals surface area contributed by atoms with Gasteiger partial charge in [-0.25, -0.2) is 0 Å². The van der Waals surface area contributed by atoms with Crippen LogP contribution in [0.3, 0.4) is 0 Å². The number of anilines is 1. The molecule has 32 heavy (non-hydrogen) atoms. The Bertz CT molecular complexity index is 1300. The highest BCUT2D eigenvalue weighted by Crippen LogP contribution is 2.32. The third-order valence-corrected chi connectivity index (χ3v) is 5.08. The standard InChI is InChI=1S/C26H23NO5/c1-3-20(26(29)27-19-14-8-10-16-22(19)30-2)31-25-23(28)18-13-7-9-15-21(18)32-24(25)17-11-5-4-6-12-17/h4-16,20H,3H2,1-2H3,(H,27,29). The molecule has 3 aromatic carbocycles. The number of hydrogen-bond donors (Lipinski definition) is 1. The molecule has 4 rings (SSSR count). The summed E-state index contributed by atoms with van der Waals surface area (Å²) in [6.45, 7) is 1.82. The number of amides is 1. The summed E-state index contributed by atoms with van der Waals surface area (Å²) >= 11 is 0. The van der Waals surface area contributed by atoms with E-state index >= 15 is 0 Å². The molecule has 1 heterocycles. The van der Waals surface area contributed by atoms with Gasteiger partial charge in [0.25, 0.3) is 5.91 Å². The fourth-order valence-corrected chi connectivity index (χ4v) is 3.44. The summed E-state index contributed by atoms with van der Waals surface area (Å²) in [6.07, 6.45) is -0.562. The van der Waals surface area contributed by atoms with Crippen LogP contribution in [0, 0.1) is 0 Å². The van der Waals surface area contributed by atoms with Crippen molar-refractivity contribution in [2.24, 2.45) is 0 Å². The van der Waals surface area contributed by atoms with E-state index in [0.717, 1.165) is 0 Å². The van der Waals surface area contributed by atoms with E-state index in [1.807, 2.05) is 43.3 Å². The summed E-state index contributed by atoms with van der Waals surface area (Å²) in [5.74, 6) is 0.448. The number of benzene rings is 3. The van der Waals surface area contributed by atoms with Crippen LogP contribution in [-0.4, -0.2) is 19.1 Å². The van der Waals surface area contributed by atoms with Gasteiger partial charge in [-0.2, -0.15) is 0 Å². The number of ether oxygens (including phenoxy) is 2. The predicted molar refractivity (Wildman–Crippen MR) is 124 cm³/mol. The van der Waals surface area contributed by atoms with Gasteiger partial charge in [-0.3, -0.25) is 9.59 Å². The Hall–Kier alpha value is -4.06. The van der Waals surface area contributed by atoms with Crippen LogP contribution in [0.4, 0.5) is 5.69 Å². The van der Waals surface area contributed by atoms with Crippen LogP contribution in [0.2, 0.25) is 0 Å². The maximum Gasteiger partial charge on any atom is 0.265 e. The summed E-state index contributed by atoms with van der Waals surface area (Å²) < 4.78 is 17.4. The normalized spacial score (nSPS) is 11.7. The smallest absolute Gasteiger partial charge is 0.265 e. The van der Waals surface area contributed by atoms with E-state index in [-0.39, 0.29) is 22.8 Å². The average Bonchev–Trinajstić information content (AvgIpc) is 2.84. The van der Waals surface area contributed by atoms with Crippen molar-refractivity contribution in [1.29, 1.82) is 0 Å². The number of rotatable bonds is 7. The first-order valence-electron chi connectivity index (χ1n) is 10.3. The molecule has 1 amide bonds. The summed E-state index contributed by atoms with van der Waals surface area (Å²) in [6, 6.07) is 23.3. The molecule has 1 atom stereocenters. The highest BCUT2D eigenvalue weighted by molar-refractivity contribution is 5.96. The Labute approximate surface area is 185 Å². The summed E-state index contributed by atoms with van der Waals surface area (Å²) in [7, 11) is 1.53. The topological polar surface area (TPSA) is 77.8 Å². The van der Waals surface area contributed by atoms with Gasteiger partial charge < -0.3 is 19.2 Å². The van der Waals surface area contributed by atoms with Crippen LogP contribution >= 0.6 is 0 Å². The lowest BCUT2D eigenvalue weighted by atomic mass is 10.1. The van der Waals surface area contributed by atoms with Gasteiger partial charge in [0.05, 0.1) is 18.2 Å². The molecule has 4 aromatic rings. The molecule has 0 radical (unpaired) electrons. The Morgan fingerprint density at radius 3 is 2.41 bits per heavy atom. The Kier molecular flexibility index (Phi) is 6.22. The van der Waals surface area contributed by atoms with E-state index in [0.29, 0.717) is 34.4 Å². The fourth-order valence-electron chi connectivity index (χ4n) is 3.44. The molecule has 6 heteroatoms. The van der Waals surface area contributed by atoms with Crippen molar-refractivity contribution in [3.05, 3.63) is 89.1 Å². The second kappa shape index (κ2) is 9.39. The van der Waals surface area contributed by atoms with Crippen LogP contribution < -0.4 is 20.2 Å². The fraction of sp³-hybridized carbons (Fsp3) is 0.154. The van der Waals surface area contributed by atoms with E-state index in [2.05, 4.69) is 5.32 Å². The van der Waals surface area contributed by atoms with Crippen LogP contribution in [0.1, 0.15) is 13.3 Å². The van der Waals surface area contributed by atoms with Gasteiger partial charge in [0, 0.05) is 5.56 Å². The molecule has 0 saturated heterocycles. The van der Waals surface area contributed by atoms with E-state index in [4.69, 9.17) is 13.9 Å².